The highest BCUT2D eigenvalue weighted by Crippen LogP contribution is 2.17. The molecule has 0 radical (unpaired) electrons. The van der Waals surface area contributed by atoms with Crippen LogP contribution in [0.2, 0.25) is 0 Å². The summed E-state index contributed by atoms with van der Waals surface area (Å²) in [5.41, 5.74) is 0. The summed E-state index contributed by atoms with van der Waals surface area (Å²) in [6.07, 6.45) is 9.11. The first kappa shape index (κ1) is 15.1. The Morgan fingerprint density at radius 1 is 1.00 bits per heavy atom. The van der Waals surface area contributed by atoms with Gasteiger partial charge < -0.3 is 15.5 Å². The molecule has 0 unspecified atom stereocenters. The van der Waals surface area contributed by atoms with Crippen LogP contribution < -0.4 is 10.6 Å². The van der Waals surface area contributed by atoms with Crippen molar-refractivity contribution in [3.63, 3.8) is 0 Å². The largest absolute Gasteiger partial charge is 0.341 e. The summed E-state index contributed by atoms with van der Waals surface area (Å²) in [6.45, 7) is 3.43. The Morgan fingerprint density at radius 2 is 1.60 bits per heavy atom. The zero-order valence-corrected chi connectivity index (χ0v) is 12.5. The summed E-state index contributed by atoms with van der Waals surface area (Å²) in [7, 11) is 0. The van der Waals surface area contributed by atoms with Gasteiger partial charge in [0.2, 0.25) is 5.91 Å². The summed E-state index contributed by atoms with van der Waals surface area (Å²) in [5.74, 6) is 0.0449. The zero-order valence-electron chi connectivity index (χ0n) is 12.5. The Bertz CT molecular complexity index is 334. The minimum atomic E-state index is -0.434. The van der Waals surface area contributed by atoms with Gasteiger partial charge in [0.15, 0.2) is 0 Å². The van der Waals surface area contributed by atoms with Crippen LogP contribution in [0.5, 0.6) is 0 Å². The monoisotopic (exact) mass is 281 g/mol. The number of nitrogens with zero attached hydrogens (tertiary/aromatic N) is 1. The summed E-state index contributed by atoms with van der Waals surface area (Å²) in [4.78, 5) is 26.0. The first-order valence-corrected chi connectivity index (χ1v) is 8.02. The number of hydrogen-bond donors (Lipinski definition) is 2. The molecule has 5 heteroatoms. The topological polar surface area (TPSA) is 61.4 Å². The highest BCUT2D eigenvalue weighted by atomic mass is 16.2. The number of rotatable bonds is 3. The highest BCUT2D eigenvalue weighted by molar-refractivity contribution is 5.86. The smallest absolute Gasteiger partial charge is 0.315 e. The SMILES string of the molecule is C[C@@H](NC(=O)NC1CCCCC1)C(=O)N1CCCCC1. The Morgan fingerprint density at radius 3 is 2.25 bits per heavy atom. The average molecular weight is 281 g/mol. The molecule has 1 aliphatic carbocycles. The quantitative estimate of drug-likeness (QED) is 0.831. The molecule has 1 heterocycles. The van der Waals surface area contributed by atoms with Crippen LogP contribution >= 0.6 is 0 Å². The predicted molar refractivity (Wildman–Crippen MR) is 78.4 cm³/mol. The Kier molecular flexibility index (Phi) is 5.68. The number of amides is 3. The van der Waals surface area contributed by atoms with Crippen LogP contribution in [0.25, 0.3) is 0 Å². The van der Waals surface area contributed by atoms with Crippen LogP contribution in [-0.2, 0) is 4.79 Å². The van der Waals surface area contributed by atoms with E-state index in [9.17, 15) is 9.59 Å². The lowest BCUT2D eigenvalue weighted by Crippen LogP contribution is -2.52. The molecule has 2 N–H and O–H groups in total. The molecule has 1 saturated carbocycles. The molecule has 20 heavy (non-hydrogen) atoms. The van der Waals surface area contributed by atoms with E-state index in [1.165, 1.54) is 25.7 Å². The number of carbonyl (C=O) groups excluding carboxylic acids is 2. The fraction of sp³-hybridized carbons (Fsp3) is 0.867. The lowest BCUT2D eigenvalue weighted by Gasteiger charge is -2.30. The Labute approximate surface area is 121 Å². The molecule has 1 saturated heterocycles. The predicted octanol–water partition coefficient (Wildman–Crippen LogP) is 2.02. The van der Waals surface area contributed by atoms with Crippen LogP contribution in [-0.4, -0.2) is 42.0 Å². The number of nitrogens with one attached hydrogen (secondary N) is 2. The van der Waals surface area contributed by atoms with Gasteiger partial charge in [0.25, 0.3) is 0 Å². The van der Waals surface area contributed by atoms with E-state index in [1.807, 2.05) is 4.90 Å². The molecule has 0 aromatic carbocycles. The van der Waals surface area contributed by atoms with Gasteiger partial charge >= 0.3 is 6.03 Å². The van der Waals surface area contributed by atoms with E-state index >= 15 is 0 Å². The standard InChI is InChI=1S/C15H27N3O2/c1-12(14(19)18-10-6-3-7-11-18)16-15(20)17-13-8-4-2-5-9-13/h12-13H,2-11H2,1H3,(H2,16,17,20)/t12-/m1/s1. The van der Waals surface area contributed by atoms with Gasteiger partial charge in [-0.25, -0.2) is 4.79 Å². The molecule has 0 bridgehead atoms. The lowest BCUT2D eigenvalue weighted by atomic mass is 9.96. The molecule has 0 spiro atoms. The lowest BCUT2D eigenvalue weighted by molar-refractivity contribution is -0.133. The molecule has 114 valence electrons. The van der Waals surface area contributed by atoms with Crippen LogP contribution in [0.4, 0.5) is 4.79 Å². The molecule has 2 rings (SSSR count). The van der Waals surface area contributed by atoms with Crippen LogP contribution in [0, 0.1) is 0 Å². The van der Waals surface area contributed by atoms with Crippen molar-refractivity contribution in [3.8, 4) is 0 Å². The van der Waals surface area contributed by atoms with Gasteiger partial charge in [-0.3, -0.25) is 4.79 Å². The van der Waals surface area contributed by atoms with Gasteiger partial charge in [-0.2, -0.15) is 0 Å². The fourth-order valence-electron chi connectivity index (χ4n) is 3.12. The Hall–Kier alpha value is -1.26. The van der Waals surface area contributed by atoms with Gasteiger partial charge in [-0.15, -0.1) is 0 Å². The molecule has 2 aliphatic rings. The van der Waals surface area contributed by atoms with Gasteiger partial charge in [0, 0.05) is 19.1 Å². The van der Waals surface area contributed by atoms with E-state index in [2.05, 4.69) is 10.6 Å². The zero-order chi connectivity index (χ0) is 14.4. The maximum Gasteiger partial charge on any atom is 0.315 e. The van der Waals surface area contributed by atoms with Crippen LogP contribution in [0.15, 0.2) is 0 Å². The molecule has 0 aromatic heterocycles. The third-order valence-electron chi connectivity index (χ3n) is 4.33. The third kappa shape index (κ3) is 4.39. The molecule has 2 fully saturated rings. The van der Waals surface area contributed by atoms with Crippen molar-refractivity contribution in [2.75, 3.05) is 13.1 Å². The van der Waals surface area contributed by atoms with E-state index in [0.29, 0.717) is 0 Å². The molecule has 3 amide bonds. The number of likely N-dealkylation sites (tertiary alicyclic amines) is 1. The van der Waals surface area contributed by atoms with E-state index in [-0.39, 0.29) is 18.0 Å². The molecule has 1 atom stereocenters. The summed E-state index contributed by atoms with van der Waals surface area (Å²) < 4.78 is 0. The van der Waals surface area contributed by atoms with Gasteiger partial charge in [-0.1, -0.05) is 19.3 Å². The van der Waals surface area contributed by atoms with E-state index in [0.717, 1.165) is 38.8 Å². The summed E-state index contributed by atoms with van der Waals surface area (Å²) in [6, 6.07) is -0.354. The maximum atomic E-state index is 12.2. The van der Waals surface area contributed by atoms with Crippen molar-refractivity contribution in [1.29, 1.82) is 0 Å². The highest BCUT2D eigenvalue weighted by Gasteiger charge is 2.24. The Balaban J connectivity index is 1.73. The summed E-state index contributed by atoms with van der Waals surface area (Å²) in [5, 5.41) is 5.77. The summed E-state index contributed by atoms with van der Waals surface area (Å²) >= 11 is 0. The average Bonchev–Trinajstić information content (AvgIpc) is 2.48. The third-order valence-corrected chi connectivity index (χ3v) is 4.33. The van der Waals surface area contributed by atoms with Gasteiger partial charge in [0.05, 0.1) is 0 Å². The number of piperidine rings is 1. The van der Waals surface area contributed by atoms with Crippen molar-refractivity contribution >= 4 is 11.9 Å². The van der Waals surface area contributed by atoms with Crippen LogP contribution in [0.3, 0.4) is 0 Å². The molecular weight excluding hydrogens is 254 g/mol. The van der Waals surface area contributed by atoms with Crippen molar-refractivity contribution in [2.24, 2.45) is 0 Å². The number of urea groups is 1. The van der Waals surface area contributed by atoms with E-state index < -0.39 is 6.04 Å². The van der Waals surface area contributed by atoms with Gasteiger partial charge in [-0.05, 0) is 39.0 Å². The minimum Gasteiger partial charge on any atom is -0.341 e. The molecule has 1 aliphatic heterocycles. The second kappa shape index (κ2) is 7.50. The van der Waals surface area contributed by atoms with Gasteiger partial charge in [0.1, 0.15) is 6.04 Å². The van der Waals surface area contributed by atoms with Crippen molar-refractivity contribution in [2.45, 2.75) is 70.4 Å². The van der Waals surface area contributed by atoms with E-state index in [4.69, 9.17) is 0 Å². The maximum absolute atomic E-state index is 12.2. The first-order chi connectivity index (χ1) is 9.66. The fourth-order valence-corrected chi connectivity index (χ4v) is 3.12. The minimum absolute atomic E-state index is 0.0449. The van der Waals surface area contributed by atoms with Crippen molar-refractivity contribution in [1.82, 2.24) is 15.5 Å². The second-order valence-electron chi connectivity index (χ2n) is 6.06. The normalized spacial score (nSPS) is 22.1. The van der Waals surface area contributed by atoms with Crippen molar-refractivity contribution in [3.05, 3.63) is 0 Å². The molecule has 5 nitrogen and oxygen atoms in total. The second-order valence-corrected chi connectivity index (χ2v) is 6.06. The number of carbonyl (C=O) groups is 2. The molecular formula is C15H27N3O2. The first-order valence-electron chi connectivity index (χ1n) is 8.02. The van der Waals surface area contributed by atoms with Crippen molar-refractivity contribution < 1.29 is 9.59 Å². The van der Waals surface area contributed by atoms with Crippen LogP contribution in [0.1, 0.15) is 58.3 Å². The number of hydrogen-bond acceptors (Lipinski definition) is 2. The van der Waals surface area contributed by atoms with E-state index in [1.54, 1.807) is 6.92 Å². The molecule has 0 aromatic rings.